The Kier molecular flexibility index (Phi) is 7.20. The molecule has 0 aromatic heterocycles. The molecule has 0 aliphatic carbocycles. The minimum Gasteiger partial charge on any atom is -0.385 e. The van der Waals surface area contributed by atoms with Gasteiger partial charge in [-0.1, -0.05) is 66.4 Å². The first-order valence-electron chi connectivity index (χ1n) is 9.35. The van der Waals surface area contributed by atoms with Gasteiger partial charge in [0, 0.05) is 25.9 Å². The average Bonchev–Trinajstić information content (AvgIpc) is 2.72. The Bertz CT molecular complexity index is 681. The molecule has 3 nitrogen and oxygen atoms in total. The molecule has 1 saturated heterocycles. The molecule has 4 heteroatoms. The van der Waals surface area contributed by atoms with Crippen molar-refractivity contribution >= 4 is 19.6 Å². The van der Waals surface area contributed by atoms with Crippen molar-refractivity contribution < 1.29 is 9.47 Å². The summed E-state index contributed by atoms with van der Waals surface area (Å²) in [5, 5.41) is 1.43. The first kappa shape index (κ1) is 19.0. The van der Waals surface area contributed by atoms with Gasteiger partial charge < -0.3 is 14.4 Å². The molecule has 26 heavy (non-hydrogen) atoms. The zero-order valence-corrected chi connectivity index (χ0v) is 16.6. The minimum absolute atomic E-state index is 0.771. The third kappa shape index (κ3) is 5.14. The highest BCUT2D eigenvalue weighted by Crippen LogP contribution is 2.20. The van der Waals surface area contributed by atoms with Crippen LogP contribution in [0.4, 0.5) is 0 Å². The molecule has 3 rings (SSSR count). The molecule has 1 aliphatic rings. The molecule has 0 bridgehead atoms. The van der Waals surface area contributed by atoms with Gasteiger partial charge in [-0.05, 0) is 29.8 Å². The maximum Gasteiger partial charge on any atom is 0.132 e. The van der Waals surface area contributed by atoms with Crippen molar-refractivity contribution in [3.8, 4) is 0 Å². The van der Waals surface area contributed by atoms with Crippen LogP contribution in [0.15, 0.2) is 61.2 Å². The van der Waals surface area contributed by atoms with Gasteiger partial charge in [-0.25, -0.2) is 0 Å². The fourth-order valence-electron chi connectivity index (χ4n) is 3.19. The number of hydrogen-bond acceptors (Lipinski definition) is 3. The van der Waals surface area contributed by atoms with Crippen molar-refractivity contribution in [2.24, 2.45) is 0 Å². The molecule has 1 aliphatic heterocycles. The molecule has 0 unspecified atom stereocenters. The van der Waals surface area contributed by atoms with Crippen LogP contribution in [0.2, 0.25) is 0 Å². The summed E-state index contributed by atoms with van der Waals surface area (Å²) < 4.78 is 11.3. The van der Waals surface area contributed by atoms with E-state index in [0.717, 1.165) is 50.9 Å². The van der Waals surface area contributed by atoms with E-state index in [1.807, 2.05) is 6.07 Å². The summed E-state index contributed by atoms with van der Waals surface area (Å²) in [5.74, 6) is 0. The van der Waals surface area contributed by atoms with Crippen LogP contribution in [-0.4, -0.2) is 59.0 Å². The Morgan fingerprint density at radius 2 is 1.69 bits per heavy atom. The van der Waals surface area contributed by atoms with Crippen LogP contribution in [0.25, 0.3) is 5.57 Å². The second-order valence-corrected chi connectivity index (χ2v) is 8.94. The highest BCUT2D eigenvalue weighted by molar-refractivity contribution is 6.73. The largest absolute Gasteiger partial charge is 0.385 e. The molecule has 0 N–H and O–H groups in total. The molecule has 2 aromatic carbocycles. The SMILES string of the molecule is C=C(c1ccccc1)c1ccc([Si](COCC)CN2CCOCC2)cc1. The van der Waals surface area contributed by atoms with Crippen LogP contribution in [0.5, 0.6) is 0 Å². The summed E-state index contributed by atoms with van der Waals surface area (Å²) in [6, 6.07) is 19.3. The monoisotopic (exact) mass is 366 g/mol. The zero-order valence-electron chi connectivity index (χ0n) is 15.6. The quantitative estimate of drug-likeness (QED) is 0.671. The van der Waals surface area contributed by atoms with Crippen LogP contribution < -0.4 is 5.19 Å². The lowest BCUT2D eigenvalue weighted by Crippen LogP contribution is -2.49. The first-order chi connectivity index (χ1) is 12.8. The maximum atomic E-state index is 5.81. The molecule has 2 aromatic rings. The van der Waals surface area contributed by atoms with E-state index >= 15 is 0 Å². The number of benzene rings is 2. The Morgan fingerprint density at radius 1 is 1.04 bits per heavy atom. The predicted octanol–water partition coefficient (Wildman–Crippen LogP) is 2.90. The molecule has 0 saturated carbocycles. The Balaban J connectivity index is 1.71. The summed E-state index contributed by atoms with van der Waals surface area (Å²) >= 11 is 0. The number of nitrogens with zero attached hydrogens (tertiary/aromatic N) is 1. The van der Waals surface area contributed by atoms with Gasteiger partial charge in [-0.3, -0.25) is 0 Å². The van der Waals surface area contributed by atoms with Crippen molar-refractivity contribution in [2.75, 3.05) is 45.3 Å². The smallest absolute Gasteiger partial charge is 0.132 e. The fraction of sp³-hybridized carbons (Fsp3) is 0.364. The summed E-state index contributed by atoms with van der Waals surface area (Å²) in [7, 11) is -0.771. The first-order valence-corrected chi connectivity index (χ1v) is 11.3. The lowest BCUT2D eigenvalue weighted by molar-refractivity contribution is 0.0454. The average molecular weight is 367 g/mol. The second kappa shape index (κ2) is 9.83. The van der Waals surface area contributed by atoms with E-state index in [1.165, 1.54) is 16.3 Å². The molecule has 0 atom stereocenters. The third-order valence-electron chi connectivity index (χ3n) is 4.76. The van der Waals surface area contributed by atoms with Gasteiger partial charge in [0.25, 0.3) is 0 Å². The molecular weight excluding hydrogens is 338 g/mol. The highest BCUT2D eigenvalue weighted by atomic mass is 28.3. The van der Waals surface area contributed by atoms with Gasteiger partial charge in [0.2, 0.25) is 0 Å². The van der Waals surface area contributed by atoms with Crippen LogP contribution >= 0.6 is 0 Å². The summed E-state index contributed by atoms with van der Waals surface area (Å²) in [5.41, 5.74) is 3.43. The van der Waals surface area contributed by atoms with Crippen molar-refractivity contribution in [3.05, 3.63) is 72.3 Å². The van der Waals surface area contributed by atoms with Gasteiger partial charge in [0.05, 0.1) is 13.2 Å². The molecule has 1 heterocycles. The van der Waals surface area contributed by atoms with Gasteiger partial charge in [0.1, 0.15) is 8.80 Å². The third-order valence-corrected chi connectivity index (χ3v) is 7.29. The molecular formula is C22H28NO2Si. The van der Waals surface area contributed by atoms with Crippen LogP contribution in [0, 0.1) is 0 Å². The Labute approximate surface area is 158 Å². The zero-order chi connectivity index (χ0) is 18.2. The van der Waals surface area contributed by atoms with Crippen LogP contribution in [-0.2, 0) is 9.47 Å². The molecule has 1 radical (unpaired) electrons. The van der Waals surface area contributed by atoms with Gasteiger partial charge in [-0.15, -0.1) is 0 Å². The molecule has 137 valence electrons. The van der Waals surface area contributed by atoms with Crippen molar-refractivity contribution in [1.29, 1.82) is 0 Å². The van der Waals surface area contributed by atoms with E-state index in [9.17, 15) is 0 Å². The number of hydrogen-bond donors (Lipinski definition) is 0. The number of morpholine rings is 1. The van der Waals surface area contributed by atoms with E-state index in [2.05, 4.69) is 66.9 Å². The lowest BCUT2D eigenvalue weighted by atomic mass is 10.00. The van der Waals surface area contributed by atoms with E-state index in [1.54, 1.807) is 0 Å². The standard InChI is InChI=1S/C22H28NO2Si/c1-3-24-18-26(17-23-13-15-25-16-14-23)22-11-9-21(10-12-22)19(2)20-7-5-4-6-8-20/h4-12H,2-3,13-18H2,1H3. The van der Waals surface area contributed by atoms with E-state index in [0.29, 0.717) is 0 Å². The van der Waals surface area contributed by atoms with Crippen LogP contribution in [0.1, 0.15) is 18.1 Å². The van der Waals surface area contributed by atoms with Gasteiger partial charge in [-0.2, -0.15) is 0 Å². The number of ether oxygens (including phenoxy) is 2. The lowest BCUT2D eigenvalue weighted by Gasteiger charge is -2.29. The van der Waals surface area contributed by atoms with E-state index in [-0.39, 0.29) is 0 Å². The predicted molar refractivity (Wildman–Crippen MR) is 110 cm³/mol. The van der Waals surface area contributed by atoms with Gasteiger partial charge >= 0.3 is 0 Å². The Hall–Kier alpha value is -1.72. The fourth-order valence-corrected chi connectivity index (χ4v) is 5.57. The van der Waals surface area contributed by atoms with Crippen molar-refractivity contribution in [3.63, 3.8) is 0 Å². The maximum absolute atomic E-state index is 5.81. The van der Waals surface area contributed by atoms with Gasteiger partial charge in [0.15, 0.2) is 0 Å². The molecule has 0 amide bonds. The summed E-state index contributed by atoms with van der Waals surface area (Å²) in [6.45, 7) is 10.9. The normalized spacial score (nSPS) is 15.3. The highest BCUT2D eigenvalue weighted by Gasteiger charge is 2.20. The van der Waals surface area contributed by atoms with Crippen molar-refractivity contribution in [2.45, 2.75) is 6.92 Å². The topological polar surface area (TPSA) is 21.7 Å². The van der Waals surface area contributed by atoms with E-state index in [4.69, 9.17) is 9.47 Å². The Morgan fingerprint density at radius 3 is 2.35 bits per heavy atom. The summed E-state index contributed by atoms with van der Waals surface area (Å²) in [6.07, 6.45) is 1.98. The molecule has 1 fully saturated rings. The summed E-state index contributed by atoms with van der Waals surface area (Å²) in [4.78, 5) is 2.52. The van der Waals surface area contributed by atoms with E-state index < -0.39 is 8.80 Å². The number of rotatable bonds is 8. The van der Waals surface area contributed by atoms with Crippen molar-refractivity contribution in [1.82, 2.24) is 4.90 Å². The van der Waals surface area contributed by atoms with Crippen LogP contribution in [0.3, 0.4) is 0 Å². The second-order valence-electron chi connectivity index (χ2n) is 6.55. The molecule has 0 spiro atoms. The minimum atomic E-state index is -0.771.